The number of ketones is 1. The minimum absolute atomic E-state index is 0.178. The van der Waals surface area contributed by atoms with E-state index in [4.69, 9.17) is 0 Å². The molecule has 14 heavy (non-hydrogen) atoms. The predicted octanol–water partition coefficient (Wildman–Crippen LogP) is 3.50. The first-order chi connectivity index (χ1) is 6.59. The van der Waals surface area contributed by atoms with Gasteiger partial charge in [-0.25, -0.2) is 4.39 Å². The monoisotopic (exact) mass is 258 g/mol. The molecule has 0 amide bonds. The van der Waals surface area contributed by atoms with Crippen LogP contribution in [0.2, 0.25) is 0 Å². The van der Waals surface area contributed by atoms with Gasteiger partial charge in [0.05, 0.1) is 0 Å². The first kappa shape index (κ1) is 11.4. The lowest BCUT2D eigenvalue weighted by Gasteiger charge is -2.03. The number of hydrogen-bond donors (Lipinski definition) is 0. The maximum Gasteiger partial charge on any atom is 0.129 e. The molecule has 76 valence electrons. The van der Waals surface area contributed by atoms with Crippen molar-refractivity contribution < 1.29 is 9.18 Å². The first-order valence-corrected chi connectivity index (χ1v) is 5.32. The van der Waals surface area contributed by atoms with Crippen LogP contribution in [-0.2, 0) is 11.2 Å². The summed E-state index contributed by atoms with van der Waals surface area (Å²) in [6, 6.07) is 4.61. The van der Waals surface area contributed by atoms with Crippen molar-refractivity contribution in [1.82, 2.24) is 0 Å². The number of aryl methyl sites for hydroxylation is 1. The summed E-state index contributed by atoms with van der Waals surface area (Å²) in [5, 5.41) is 0. The summed E-state index contributed by atoms with van der Waals surface area (Å²) in [4.78, 5) is 10.7. The summed E-state index contributed by atoms with van der Waals surface area (Å²) in [6.45, 7) is 1.57. The van der Waals surface area contributed by atoms with Crippen LogP contribution in [0.25, 0.3) is 0 Å². The number of halogens is 2. The minimum atomic E-state index is -0.231. The van der Waals surface area contributed by atoms with Gasteiger partial charge in [0.25, 0.3) is 0 Å². The maximum absolute atomic E-state index is 12.8. The summed E-state index contributed by atoms with van der Waals surface area (Å²) in [7, 11) is 0. The van der Waals surface area contributed by atoms with Gasteiger partial charge < -0.3 is 4.79 Å². The van der Waals surface area contributed by atoms with Crippen molar-refractivity contribution in [3.8, 4) is 0 Å². The van der Waals surface area contributed by atoms with E-state index in [1.165, 1.54) is 12.1 Å². The predicted molar refractivity (Wildman–Crippen MR) is 57.7 cm³/mol. The third-order valence-corrected chi connectivity index (χ3v) is 2.76. The molecule has 0 aliphatic rings. The average molecular weight is 259 g/mol. The zero-order chi connectivity index (χ0) is 10.6. The number of Topliss-reactive ketones (excluding diaryl/α,β-unsaturated/α-hetero) is 1. The van der Waals surface area contributed by atoms with Crippen LogP contribution < -0.4 is 0 Å². The molecule has 0 N–H and O–H groups in total. The Balaban J connectivity index is 2.57. The Hall–Kier alpha value is -0.700. The van der Waals surface area contributed by atoms with Gasteiger partial charge in [-0.15, -0.1) is 0 Å². The van der Waals surface area contributed by atoms with Gasteiger partial charge in [0.15, 0.2) is 0 Å². The number of benzene rings is 1. The molecule has 0 bridgehead atoms. The number of carbonyl (C=O) groups is 1. The Bertz CT molecular complexity index is 336. The van der Waals surface area contributed by atoms with Crippen molar-refractivity contribution in [2.24, 2.45) is 0 Å². The zero-order valence-electron chi connectivity index (χ0n) is 8.02. The molecule has 0 saturated carbocycles. The second-order valence-electron chi connectivity index (χ2n) is 3.29. The van der Waals surface area contributed by atoms with Crippen molar-refractivity contribution in [3.63, 3.8) is 0 Å². The lowest BCUT2D eigenvalue weighted by molar-refractivity contribution is -0.117. The standard InChI is InChI=1S/C11H12BrFO/c1-8(14)3-2-4-9-7-10(13)5-6-11(9)12/h5-7H,2-4H2,1H3. The Morgan fingerprint density at radius 2 is 2.21 bits per heavy atom. The lowest BCUT2D eigenvalue weighted by atomic mass is 10.1. The molecule has 0 aromatic heterocycles. The van der Waals surface area contributed by atoms with Crippen molar-refractivity contribution in [1.29, 1.82) is 0 Å². The fourth-order valence-corrected chi connectivity index (χ4v) is 1.71. The molecule has 0 atom stereocenters. The Morgan fingerprint density at radius 1 is 1.50 bits per heavy atom. The van der Waals surface area contributed by atoms with Crippen LogP contribution in [-0.4, -0.2) is 5.78 Å². The third kappa shape index (κ3) is 3.58. The summed E-state index contributed by atoms with van der Waals surface area (Å²) in [6.07, 6.45) is 2.07. The van der Waals surface area contributed by atoms with Crippen LogP contribution >= 0.6 is 15.9 Å². The summed E-state index contributed by atoms with van der Waals surface area (Å²) >= 11 is 3.35. The molecule has 0 fully saturated rings. The van der Waals surface area contributed by atoms with E-state index >= 15 is 0 Å². The van der Waals surface area contributed by atoms with Gasteiger partial charge in [-0.05, 0) is 43.5 Å². The fraction of sp³-hybridized carbons (Fsp3) is 0.364. The van der Waals surface area contributed by atoms with Crippen LogP contribution in [0, 0.1) is 5.82 Å². The average Bonchev–Trinajstić information content (AvgIpc) is 2.10. The highest BCUT2D eigenvalue weighted by Gasteiger charge is 2.02. The van der Waals surface area contributed by atoms with Crippen LogP contribution in [0.4, 0.5) is 4.39 Å². The SMILES string of the molecule is CC(=O)CCCc1cc(F)ccc1Br. The topological polar surface area (TPSA) is 17.1 Å². The Kier molecular flexibility index (Phi) is 4.26. The van der Waals surface area contributed by atoms with E-state index in [0.29, 0.717) is 6.42 Å². The molecule has 0 unspecified atom stereocenters. The molecule has 0 spiro atoms. The quantitative estimate of drug-likeness (QED) is 0.808. The normalized spacial score (nSPS) is 10.2. The molecule has 1 aromatic carbocycles. The lowest BCUT2D eigenvalue weighted by Crippen LogP contribution is -1.94. The minimum Gasteiger partial charge on any atom is -0.300 e. The second-order valence-corrected chi connectivity index (χ2v) is 4.15. The van der Waals surface area contributed by atoms with E-state index < -0.39 is 0 Å². The Morgan fingerprint density at radius 3 is 2.86 bits per heavy atom. The summed E-state index contributed by atoms with van der Waals surface area (Å²) in [5.41, 5.74) is 0.922. The van der Waals surface area contributed by atoms with Crippen molar-refractivity contribution in [3.05, 3.63) is 34.1 Å². The second kappa shape index (κ2) is 5.25. The zero-order valence-corrected chi connectivity index (χ0v) is 9.60. The molecule has 3 heteroatoms. The van der Waals surface area contributed by atoms with E-state index in [0.717, 1.165) is 22.9 Å². The number of rotatable bonds is 4. The largest absolute Gasteiger partial charge is 0.300 e. The maximum atomic E-state index is 12.8. The van der Waals surface area contributed by atoms with Crippen LogP contribution in [0.3, 0.4) is 0 Å². The molecule has 0 saturated heterocycles. The van der Waals surface area contributed by atoms with Gasteiger partial charge in [-0.3, -0.25) is 0 Å². The van der Waals surface area contributed by atoms with Gasteiger partial charge in [0.1, 0.15) is 11.6 Å². The van der Waals surface area contributed by atoms with E-state index in [1.54, 1.807) is 13.0 Å². The molecule has 1 aromatic rings. The highest BCUT2D eigenvalue weighted by Crippen LogP contribution is 2.19. The molecular formula is C11H12BrFO. The molecule has 0 radical (unpaired) electrons. The van der Waals surface area contributed by atoms with Gasteiger partial charge in [0.2, 0.25) is 0 Å². The van der Waals surface area contributed by atoms with E-state index in [1.807, 2.05) is 0 Å². The van der Waals surface area contributed by atoms with Crippen LogP contribution in [0.15, 0.2) is 22.7 Å². The van der Waals surface area contributed by atoms with Crippen molar-refractivity contribution in [2.45, 2.75) is 26.2 Å². The molecule has 0 aliphatic heterocycles. The van der Waals surface area contributed by atoms with E-state index in [-0.39, 0.29) is 11.6 Å². The molecular weight excluding hydrogens is 247 g/mol. The molecule has 0 aliphatic carbocycles. The van der Waals surface area contributed by atoms with E-state index in [9.17, 15) is 9.18 Å². The number of hydrogen-bond acceptors (Lipinski definition) is 1. The van der Waals surface area contributed by atoms with Gasteiger partial charge in [0, 0.05) is 10.9 Å². The van der Waals surface area contributed by atoms with Crippen molar-refractivity contribution in [2.75, 3.05) is 0 Å². The third-order valence-electron chi connectivity index (χ3n) is 1.98. The fourth-order valence-electron chi connectivity index (χ4n) is 1.26. The van der Waals surface area contributed by atoms with Gasteiger partial charge >= 0.3 is 0 Å². The van der Waals surface area contributed by atoms with Gasteiger partial charge in [-0.2, -0.15) is 0 Å². The highest BCUT2D eigenvalue weighted by molar-refractivity contribution is 9.10. The molecule has 1 nitrogen and oxygen atoms in total. The summed E-state index contributed by atoms with van der Waals surface area (Å²) in [5.74, 6) is -0.0523. The van der Waals surface area contributed by atoms with Crippen LogP contribution in [0.1, 0.15) is 25.3 Å². The van der Waals surface area contributed by atoms with Gasteiger partial charge in [-0.1, -0.05) is 15.9 Å². The van der Waals surface area contributed by atoms with E-state index in [2.05, 4.69) is 15.9 Å². The first-order valence-electron chi connectivity index (χ1n) is 4.53. The summed E-state index contributed by atoms with van der Waals surface area (Å²) < 4.78 is 13.8. The number of carbonyl (C=O) groups excluding carboxylic acids is 1. The highest BCUT2D eigenvalue weighted by atomic mass is 79.9. The molecule has 0 heterocycles. The molecule has 1 rings (SSSR count). The van der Waals surface area contributed by atoms with Crippen LogP contribution in [0.5, 0.6) is 0 Å². The smallest absolute Gasteiger partial charge is 0.129 e. The van der Waals surface area contributed by atoms with Crippen molar-refractivity contribution >= 4 is 21.7 Å². The Labute approximate surface area is 91.5 Å².